The maximum absolute atomic E-state index is 12.8. The van der Waals surface area contributed by atoms with Crippen molar-refractivity contribution in [3.8, 4) is 5.88 Å². The van der Waals surface area contributed by atoms with Crippen LogP contribution in [-0.2, 0) is 13.6 Å². The summed E-state index contributed by atoms with van der Waals surface area (Å²) in [5, 5.41) is 4.16. The van der Waals surface area contributed by atoms with Crippen molar-refractivity contribution in [2.75, 3.05) is 13.7 Å². The van der Waals surface area contributed by atoms with E-state index in [4.69, 9.17) is 4.74 Å². The monoisotopic (exact) mass is 302 g/mol. The molecule has 2 aromatic rings. The average Bonchev–Trinajstić information content (AvgIpc) is 2.90. The first kappa shape index (κ1) is 16.0. The van der Waals surface area contributed by atoms with E-state index in [0.29, 0.717) is 30.5 Å². The average molecular weight is 302 g/mol. The summed E-state index contributed by atoms with van der Waals surface area (Å²) in [5.74, 6) is 0.791. The van der Waals surface area contributed by atoms with E-state index in [0.717, 1.165) is 5.56 Å². The number of carbonyl (C=O) groups is 1. The predicted molar refractivity (Wildman–Crippen MR) is 83.6 cm³/mol. The van der Waals surface area contributed by atoms with E-state index in [1.807, 2.05) is 18.1 Å². The van der Waals surface area contributed by atoms with Crippen LogP contribution in [0.25, 0.3) is 0 Å². The van der Waals surface area contributed by atoms with Gasteiger partial charge in [-0.3, -0.25) is 9.48 Å². The number of amides is 1. The van der Waals surface area contributed by atoms with Crippen molar-refractivity contribution in [2.24, 2.45) is 13.0 Å². The summed E-state index contributed by atoms with van der Waals surface area (Å²) in [5.41, 5.74) is 1.59. The summed E-state index contributed by atoms with van der Waals surface area (Å²) in [6.07, 6.45) is 5.30. The van der Waals surface area contributed by atoms with Crippen molar-refractivity contribution >= 4 is 5.91 Å². The fourth-order valence-electron chi connectivity index (χ4n) is 2.27. The lowest BCUT2D eigenvalue weighted by atomic mass is 10.1. The van der Waals surface area contributed by atoms with E-state index in [9.17, 15) is 4.79 Å². The minimum Gasteiger partial charge on any atom is -0.481 e. The molecule has 0 fully saturated rings. The number of pyridine rings is 1. The zero-order valence-corrected chi connectivity index (χ0v) is 13.5. The molecule has 0 spiro atoms. The van der Waals surface area contributed by atoms with Crippen LogP contribution in [0.2, 0.25) is 0 Å². The molecule has 118 valence electrons. The Labute approximate surface area is 130 Å². The van der Waals surface area contributed by atoms with Gasteiger partial charge in [-0.15, -0.1) is 0 Å². The number of methoxy groups -OCH3 is 1. The third-order valence-corrected chi connectivity index (χ3v) is 3.20. The number of aromatic nitrogens is 3. The molecule has 2 aromatic heterocycles. The second-order valence-electron chi connectivity index (χ2n) is 5.69. The van der Waals surface area contributed by atoms with Crippen molar-refractivity contribution < 1.29 is 9.53 Å². The summed E-state index contributed by atoms with van der Waals surface area (Å²) in [7, 11) is 3.41. The highest BCUT2D eigenvalue weighted by atomic mass is 16.5. The highest BCUT2D eigenvalue weighted by Crippen LogP contribution is 2.15. The SMILES string of the molecule is COc1cc(C(=O)N(Cc2cnn(C)c2)CC(C)C)ccn1. The minimum absolute atomic E-state index is 0.0294. The Morgan fingerprint density at radius 1 is 1.45 bits per heavy atom. The van der Waals surface area contributed by atoms with Crippen LogP contribution in [0.3, 0.4) is 0 Å². The molecule has 0 aliphatic heterocycles. The fourth-order valence-corrected chi connectivity index (χ4v) is 2.27. The number of nitrogens with zero attached hydrogens (tertiary/aromatic N) is 4. The third-order valence-electron chi connectivity index (χ3n) is 3.20. The molecule has 0 bridgehead atoms. The summed E-state index contributed by atoms with van der Waals surface area (Å²) in [4.78, 5) is 18.6. The molecule has 0 aliphatic carbocycles. The van der Waals surface area contributed by atoms with Crippen LogP contribution in [0.1, 0.15) is 29.8 Å². The first-order chi connectivity index (χ1) is 10.5. The summed E-state index contributed by atoms with van der Waals surface area (Å²) >= 11 is 0. The normalized spacial score (nSPS) is 10.8. The van der Waals surface area contributed by atoms with Crippen LogP contribution < -0.4 is 4.74 Å². The van der Waals surface area contributed by atoms with Gasteiger partial charge in [0.1, 0.15) is 0 Å². The molecule has 0 saturated carbocycles. The molecule has 0 saturated heterocycles. The maximum Gasteiger partial charge on any atom is 0.254 e. The molecule has 6 nitrogen and oxygen atoms in total. The smallest absolute Gasteiger partial charge is 0.254 e. The summed E-state index contributed by atoms with van der Waals surface area (Å²) in [6, 6.07) is 3.38. The molecule has 0 aliphatic rings. The molecular formula is C16H22N4O2. The van der Waals surface area contributed by atoms with Gasteiger partial charge in [-0.25, -0.2) is 4.98 Å². The van der Waals surface area contributed by atoms with Crippen LogP contribution in [0, 0.1) is 5.92 Å². The Morgan fingerprint density at radius 3 is 2.82 bits per heavy atom. The largest absolute Gasteiger partial charge is 0.481 e. The third kappa shape index (κ3) is 4.07. The standard InChI is InChI=1S/C16H22N4O2/c1-12(2)9-20(11-13-8-18-19(3)10-13)16(21)14-5-6-17-15(7-14)22-4/h5-8,10,12H,9,11H2,1-4H3. The van der Waals surface area contributed by atoms with E-state index in [-0.39, 0.29) is 5.91 Å². The van der Waals surface area contributed by atoms with Crippen molar-refractivity contribution in [3.63, 3.8) is 0 Å². The minimum atomic E-state index is -0.0294. The molecule has 0 radical (unpaired) electrons. The van der Waals surface area contributed by atoms with Gasteiger partial charge < -0.3 is 9.64 Å². The Morgan fingerprint density at radius 2 is 2.23 bits per heavy atom. The quantitative estimate of drug-likeness (QED) is 0.820. The molecule has 2 heterocycles. The van der Waals surface area contributed by atoms with Crippen molar-refractivity contribution in [1.82, 2.24) is 19.7 Å². The van der Waals surface area contributed by atoms with Gasteiger partial charge in [-0.2, -0.15) is 5.10 Å². The number of hydrogen-bond donors (Lipinski definition) is 0. The lowest BCUT2D eigenvalue weighted by Crippen LogP contribution is -2.33. The van der Waals surface area contributed by atoms with Crippen LogP contribution in [-0.4, -0.2) is 39.2 Å². The van der Waals surface area contributed by atoms with Crippen molar-refractivity contribution in [2.45, 2.75) is 20.4 Å². The predicted octanol–water partition coefficient (Wildman–Crippen LogP) is 2.12. The van der Waals surface area contributed by atoms with Gasteiger partial charge in [0.25, 0.3) is 5.91 Å². The van der Waals surface area contributed by atoms with E-state index >= 15 is 0 Å². The molecule has 0 aromatic carbocycles. The second-order valence-corrected chi connectivity index (χ2v) is 5.69. The highest BCUT2D eigenvalue weighted by molar-refractivity contribution is 5.94. The van der Waals surface area contributed by atoms with Crippen molar-refractivity contribution in [3.05, 3.63) is 41.9 Å². The van der Waals surface area contributed by atoms with E-state index in [1.54, 1.807) is 29.2 Å². The maximum atomic E-state index is 12.8. The van der Waals surface area contributed by atoms with Gasteiger partial charge in [0, 0.05) is 49.7 Å². The molecule has 0 unspecified atom stereocenters. The van der Waals surface area contributed by atoms with Gasteiger partial charge in [-0.1, -0.05) is 13.8 Å². The zero-order chi connectivity index (χ0) is 16.1. The Hall–Kier alpha value is -2.37. The number of carbonyl (C=O) groups excluding carboxylic acids is 1. The molecule has 0 N–H and O–H groups in total. The van der Waals surface area contributed by atoms with Crippen LogP contribution >= 0.6 is 0 Å². The van der Waals surface area contributed by atoms with Gasteiger partial charge in [0.2, 0.25) is 5.88 Å². The van der Waals surface area contributed by atoms with Crippen molar-refractivity contribution in [1.29, 1.82) is 0 Å². The number of hydrogen-bond acceptors (Lipinski definition) is 4. The van der Waals surface area contributed by atoms with Gasteiger partial charge in [0.15, 0.2) is 0 Å². The summed E-state index contributed by atoms with van der Waals surface area (Å²) < 4.78 is 6.83. The zero-order valence-electron chi connectivity index (χ0n) is 13.5. The van der Waals surface area contributed by atoms with E-state index < -0.39 is 0 Å². The van der Waals surface area contributed by atoms with Crippen LogP contribution in [0.5, 0.6) is 5.88 Å². The Kier molecular flexibility index (Phi) is 5.14. The van der Waals surface area contributed by atoms with E-state index in [1.165, 1.54) is 7.11 Å². The lowest BCUT2D eigenvalue weighted by molar-refractivity contribution is 0.0722. The van der Waals surface area contributed by atoms with Crippen LogP contribution in [0.4, 0.5) is 0 Å². The fraction of sp³-hybridized carbons (Fsp3) is 0.438. The molecular weight excluding hydrogens is 280 g/mol. The topological polar surface area (TPSA) is 60.2 Å². The van der Waals surface area contributed by atoms with Crippen LogP contribution in [0.15, 0.2) is 30.7 Å². The molecule has 1 amide bonds. The van der Waals surface area contributed by atoms with Gasteiger partial charge >= 0.3 is 0 Å². The molecule has 22 heavy (non-hydrogen) atoms. The molecule has 6 heteroatoms. The number of rotatable bonds is 6. The molecule has 2 rings (SSSR count). The highest BCUT2D eigenvalue weighted by Gasteiger charge is 2.18. The molecule has 0 atom stereocenters. The van der Waals surface area contributed by atoms with E-state index in [2.05, 4.69) is 23.9 Å². The number of aryl methyl sites for hydroxylation is 1. The summed E-state index contributed by atoms with van der Waals surface area (Å²) in [6.45, 7) is 5.40. The second kappa shape index (κ2) is 7.06. The lowest BCUT2D eigenvalue weighted by Gasteiger charge is -2.24. The number of ether oxygens (including phenoxy) is 1. The first-order valence-electron chi connectivity index (χ1n) is 7.26. The Balaban J connectivity index is 2.21. The van der Waals surface area contributed by atoms with Gasteiger partial charge in [0.05, 0.1) is 13.3 Å². The van der Waals surface area contributed by atoms with Gasteiger partial charge in [-0.05, 0) is 12.0 Å². The Bertz CT molecular complexity index is 637. The first-order valence-corrected chi connectivity index (χ1v) is 7.26.